The zero-order chi connectivity index (χ0) is 21.4. The van der Waals surface area contributed by atoms with Gasteiger partial charge in [0.15, 0.2) is 0 Å². The van der Waals surface area contributed by atoms with Crippen LogP contribution in [0.15, 0.2) is 48.5 Å². The van der Waals surface area contributed by atoms with Crippen LogP contribution in [-0.2, 0) is 4.79 Å². The number of likely N-dealkylation sites (tertiary alicyclic amines) is 1. The molecular weight excluding hydrogens is 380 g/mol. The number of para-hydroxylation sites is 1. The molecule has 2 aromatic rings. The van der Waals surface area contributed by atoms with Crippen molar-refractivity contribution in [2.24, 2.45) is 0 Å². The number of nitrogens with zero attached hydrogens (tertiary/aromatic N) is 1. The highest BCUT2D eigenvalue weighted by Crippen LogP contribution is 2.25. The lowest BCUT2D eigenvalue weighted by atomic mass is 9.92. The summed E-state index contributed by atoms with van der Waals surface area (Å²) in [4.78, 5) is 14.2. The molecule has 0 atom stereocenters. The van der Waals surface area contributed by atoms with Crippen molar-refractivity contribution in [2.75, 3.05) is 39.4 Å². The van der Waals surface area contributed by atoms with Gasteiger partial charge in [0.2, 0.25) is 5.91 Å². The fourth-order valence-corrected chi connectivity index (χ4v) is 3.58. The van der Waals surface area contributed by atoms with Crippen molar-refractivity contribution in [1.82, 2.24) is 10.2 Å². The number of amides is 1. The Hall–Kier alpha value is -2.57. The summed E-state index contributed by atoms with van der Waals surface area (Å²) in [5.74, 6) is 1.59. The van der Waals surface area contributed by atoms with Crippen LogP contribution in [0.25, 0.3) is 0 Å². The first-order chi connectivity index (χ1) is 14.4. The van der Waals surface area contributed by atoms with E-state index in [-0.39, 0.29) is 12.5 Å². The Morgan fingerprint density at radius 1 is 1.10 bits per heavy atom. The first-order valence-electron chi connectivity index (χ1n) is 10.5. The molecule has 30 heavy (non-hydrogen) atoms. The number of carbonyl (C=O) groups excluding carboxylic acids is 1. The van der Waals surface area contributed by atoms with Crippen molar-refractivity contribution >= 4 is 5.91 Å². The van der Waals surface area contributed by atoms with Gasteiger partial charge in [-0.2, -0.15) is 0 Å². The number of aliphatic hydroxyl groups is 1. The van der Waals surface area contributed by atoms with Crippen LogP contribution in [0.2, 0.25) is 0 Å². The smallest absolute Gasteiger partial charge is 0.234 e. The van der Waals surface area contributed by atoms with E-state index in [1.165, 1.54) is 5.56 Å². The summed E-state index contributed by atoms with van der Waals surface area (Å²) in [7, 11) is 0. The second kappa shape index (κ2) is 10.5. The van der Waals surface area contributed by atoms with E-state index in [4.69, 9.17) is 9.47 Å². The second-order valence-corrected chi connectivity index (χ2v) is 8.07. The van der Waals surface area contributed by atoms with Gasteiger partial charge in [-0.25, -0.2) is 0 Å². The van der Waals surface area contributed by atoms with Crippen molar-refractivity contribution in [2.45, 2.75) is 32.3 Å². The summed E-state index contributed by atoms with van der Waals surface area (Å²) in [6.07, 6.45) is 1.17. The standard InChI is InChI=1S/C24H32N2O4/c1-19-8-9-22(20(2)16-19)30-18-24(28)10-13-26(14-11-24)17-23(27)25-12-15-29-21-6-4-3-5-7-21/h3-9,16,28H,10-15,17-18H2,1-2H3,(H,25,27). The minimum absolute atomic E-state index is 0.0244. The molecule has 1 amide bonds. The lowest BCUT2D eigenvalue weighted by molar-refractivity contribution is -0.124. The fourth-order valence-electron chi connectivity index (χ4n) is 3.58. The van der Waals surface area contributed by atoms with Gasteiger partial charge in [0.25, 0.3) is 0 Å². The van der Waals surface area contributed by atoms with Crippen LogP contribution in [-0.4, -0.2) is 60.9 Å². The van der Waals surface area contributed by atoms with Crippen LogP contribution in [0.4, 0.5) is 0 Å². The Bertz CT molecular complexity index is 817. The molecule has 0 aromatic heterocycles. The molecule has 1 aliphatic heterocycles. The molecule has 3 rings (SSSR count). The van der Waals surface area contributed by atoms with E-state index in [1.54, 1.807) is 0 Å². The summed E-state index contributed by atoms with van der Waals surface area (Å²) in [5.41, 5.74) is 1.41. The van der Waals surface area contributed by atoms with Gasteiger partial charge in [-0.3, -0.25) is 9.69 Å². The number of rotatable bonds is 9. The van der Waals surface area contributed by atoms with Crippen LogP contribution < -0.4 is 14.8 Å². The first kappa shape index (κ1) is 22.1. The number of aryl methyl sites for hydroxylation is 2. The SMILES string of the molecule is Cc1ccc(OCC2(O)CCN(CC(=O)NCCOc3ccccc3)CC2)c(C)c1. The van der Waals surface area contributed by atoms with Gasteiger partial charge in [0.05, 0.1) is 13.1 Å². The molecule has 1 heterocycles. The highest BCUT2D eigenvalue weighted by molar-refractivity contribution is 5.78. The Labute approximate surface area is 178 Å². The van der Waals surface area contributed by atoms with E-state index in [2.05, 4.69) is 16.3 Å². The maximum absolute atomic E-state index is 12.2. The molecule has 0 radical (unpaired) electrons. The van der Waals surface area contributed by atoms with Crippen molar-refractivity contribution < 1.29 is 19.4 Å². The molecule has 1 fully saturated rings. The largest absolute Gasteiger partial charge is 0.492 e. The van der Waals surface area contributed by atoms with E-state index < -0.39 is 5.60 Å². The zero-order valence-electron chi connectivity index (χ0n) is 17.9. The van der Waals surface area contributed by atoms with Crippen LogP contribution in [0.5, 0.6) is 11.5 Å². The van der Waals surface area contributed by atoms with Gasteiger partial charge in [-0.05, 0) is 50.5 Å². The van der Waals surface area contributed by atoms with E-state index in [0.29, 0.717) is 45.6 Å². The molecule has 0 spiro atoms. The summed E-state index contributed by atoms with van der Waals surface area (Å²) in [5, 5.41) is 13.7. The topological polar surface area (TPSA) is 71.0 Å². The maximum Gasteiger partial charge on any atom is 0.234 e. The Morgan fingerprint density at radius 2 is 1.83 bits per heavy atom. The van der Waals surface area contributed by atoms with Crippen molar-refractivity contribution in [1.29, 1.82) is 0 Å². The molecule has 1 saturated heterocycles. The van der Waals surface area contributed by atoms with Gasteiger partial charge in [0.1, 0.15) is 30.3 Å². The normalized spacial score (nSPS) is 16.1. The number of piperidine rings is 1. The Morgan fingerprint density at radius 3 is 2.53 bits per heavy atom. The van der Waals surface area contributed by atoms with Gasteiger partial charge < -0.3 is 19.9 Å². The average molecular weight is 413 g/mol. The van der Waals surface area contributed by atoms with Crippen molar-refractivity contribution in [3.05, 3.63) is 59.7 Å². The molecule has 0 aliphatic carbocycles. The molecule has 2 N–H and O–H groups in total. The Balaban J connectivity index is 1.33. The summed E-state index contributed by atoms with van der Waals surface area (Å²) < 4.78 is 11.5. The van der Waals surface area contributed by atoms with E-state index in [9.17, 15) is 9.90 Å². The predicted molar refractivity (Wildman–Crippen MR) is 117 cm³/mol. The van der Waals surface area contributed by atoms with Crippen LogP contribution in [0, 0.1) is 13.8 Å². The number of carbonyl (C=O) groups is 1. The Kier molecular flexibility index (Phi) is 7.71. The summed E-state index contributed by atoms with van der Waals surface area (Å²) >= 11 is 0. The van der Waals surface area contributed by atoms with E-state index in [1.807, 2.05) is 56.3 Å². The lowest BCUT2D eigenvalue weighted by Crippen LogP contribution is -2.50. The highest BCUT2D eigenvalue weighted by atomic mass is 16.5. The van der Waals surface area contributed by atoms with Gasteiger partial charge in [0, 0.05) is 13.1 Å². The molecule has 0 saturated carbocycles. The average Bonchev–Trinajstić information content (AvgIpc) is 2.73. The molecule has 1 aliphatic rings. The molecule has 6 nitrogen and oxygen atoms in total. The minimum Gasteiger partial charge on any atom is -0.492 e. The van der Waals surface area contributed by atoms with E-state index in [0.717, 1.165) is 17.1 Å². The molecule has 0 bridgehead atoms. The molecular formula is C24H32N2O4. The third-order valence-electron chi connectivity index (χ3n) is 5.42. The number of nitrogens with one attached hydrogen (secondary N) is 1. The maximum atomic E-state index is 12.2. The number of ether oxygens (including phenoxy) is 2. The van der Waals surface area contributed by atoms with E-state index >= 15 is 0 Å². The third-order valence-corrected chi connectivity index (χ3v) is 5.42. The molecule has 0 unspecified atom stereocenters. The van der Waals surface area contributed by atoms with Crippen molar-refractivity contribution in [3.8, 4) is 11.5 Å². The van der Waals surface area contributed by atoms with Gasteiger partial charge in [-0.1, -0.05) is 35.9 Å². The summed E-state index contributed by atoms with van der Waals surface area (Å²) in [6, 6.07) is 15.6. The molecule has 2 aromatic carbocycles. The fraction of sp³-hybridized carbons (Fsp3) is 0.458. The highest BCUT2D eigenvalue weighted by Gasteiger charge is 2.33. The lowest BCUT2D eigenvalue weighted by Gasteiger charge is -2.37. The predicted octanol–water partition coefficient (Wildman–Crippen LogP) is 2.70. The van der Waals surface area contributed by atoms with Crippen LogP contribution >= 0.6 is 0 Å². The number of hydrogen-bond donors (Lipinski definition) is 2. The zero-order valence-corrected chi connectivity index (χ0v) is 17.9. The minimum atomic E-state index is -0.853. The van der Waals surface area contributed by atoms with Crippen molar-refractivity contribution in [3.63, 3.8) is 0 Å². The number of benzene rings is 2. The van der Waals surface area contributed by atoms with Crippen LogP contribution in [0.3, 0.4) is 0 Å². The monoisotopic (exact) mass is 412 g/mol. The number of hydrogen-bond acceptors (Lipinski definition) is 5. The second-order valence-electron chi connectivity index (χ2n) is 8.07. The third kappa shape index (κ3) is 6.75. The van der Waals surface area contributed by atoms with Gasteiger partial charge >= 0.3 is 0 Å². The summed E-state index contributed by atoms with van der Waals surface area (Å²) in [6.45, 7) is 6.90. The van der Waals surface area contributed by atoms with Crippen LogP contribution in [0.1, 0.15) is 24.0 Å². The quantitative estimate of drug-likeness (QED) is 0.620. The first-order valence-corrected chi connectivity index (χ1v) is 10.5. The van der Waals surface area contributed by atoms with Gasteiger partial charge in [-0.15, -0.1) is 0 Å². The molecule has 162 valence electrons. The molecule has 6 heteroatoms.